The average molecular weight is 312 g/mol. The molecule has 1 N–H and O–H groups in total. The number of hydrogen-bond acceptors (Lipinski definition) is 4. The van der Waals surface area contributed by atoms with Gasteiger partial charge in [0.1, 0.15) is 11.6 Å². The number of ether oxygens (including phenoxy) is 1. The largest absolute Gasteiger partial charge is 0.463 e. The highest BCUT2D eigenvalue weighted by atomic mass is 35.5. The summed E-state index contributed by atoms with van der Waals surface area (Å²) in [5, 5.41) is 3.30. The fraction of sp³-hybridized carbons (Fsp3) is 0.267. The minimum Gasteiger partial charge on any atom is -0.463 e. The molecule has 112 valence electrons. The topological polar surface area (TPSA) is 51.5 Å². The Morgan fingerprint density at radius 2 is 2.19 bits per heavy atom. The molecule has 0 spiro atoms. The van der Waals surface area contributed by atoms with Gasteiger partial charge in [0.15, 0.2) is 0 Å². The molecule has 1 heterocycles. The van der Waals surface area contributed by atoms with Crippen LogP contribution in [0.1, 0.15) is 34.8 Å². The number of carbonyl (C=O) groups is 1. The molecular weight excluding hydrogens is 297 g/mol. The highest BCUT2D eigenvalue weighted by Crippen LogP contribution is 2.19. The zero-order chi connectivity index (χ0) is 15.4. The van der Waals surface area contributed by atoms with E-state index in [0.717, 1.165) is 5.56 Å². The van der Waals surface area contributed by atoms with E-state index in [1.807, 2.05) is 6.92 Å². The molecule has 2 aromatic rings. The van der Waals surface area contributed by atoms with Gasteiger partial charge >= 0.3 is 5.97 Å². The zero-order valence-electron chi connectivity index (χ0n) is 11.7. The number of halogens is 2. The molecule has 0 radical (unpaired) electrons. The summed E-state index contributed by atoms with van der Waals surface area (Å²) in [7, 11) is 1.30. The van der Waals surface area contributed by atoms with E-state index in [9.17, 15) is 9.18 Å². The molecule has 1 atom stereocenters. The van der Waals surface area contributed by atoms with E-state index in [4.69, 9.17) is 16.0 Å². The predicted octanol–water partition coefficient (Wildman–Crippen LogP) is 3.71. The van der Waals surface area contributed by atoms with Crippen molar-refractivity contribution in [1.82, 2.24) is 5.32 Å². The van der Waals surface area contributed by atoms with E-state index in [1.54, 1.807) is 24.3 Å². The Morgan fingerprint density at radius 3 is 2.86 bits per heavy atom. The highest BCUT2D eigenvalue weighted by molar-refractivity contribution is 6.30. The fourth-order valence-corrected chi connectivity index (χ4v) is 2.02. The monoisotopic (exact) mass is 311 g/mol. The molecule has 6 heteroatoms. The number of furan rings is 1. The van der Waals surface area contributed by atoms with E-state index in [1.165, 1.54) is 13.2 Å². The summed E-state index contributed by atoms with van der Waals surface area (Å²) < 4.78 is 23.0. The zero-order valence-corrected chi connectivity index (χ0v) is 12.4. The van der Waals surface area contributed by atoms with Crippen LogP contribution in [0, 0.1) is 5.82 Å². The number of esters is 1. The molecule has 0 saturated heterocycles. The summed E-state index contributed by atoms with van der Waals surface area (Å²) >= 11 is 5.73. The van der Waals surface area contributed by atoms with E-state index < -0.39 is 11.8 Å². The van der Waals surface area contributed by atoms with Crippen molar-refractivity contribution in [2.75, 3.05) is 7.11 Å². The van der Waals surface area contributed by atoms with Gasteiger partial charge in [0.25, 0.3) is 0 Å². The van der Waals surface area contributed by atoms with Crippen molar-refractivity contribution in [3.05, 3.63) is 58.3 Å². The Bertz CT molecular complexity index is 642. The van der Waals surface area contributed by atoms with Crippen LogP contribution in [0.4, 0.5) is 4.39 Å². The standard InChI is InChI=1S/C15H15ClFNO3/c1-9(13-5-6-14(21-13)15(19)20-2)18-8-10-3-4-12(17)11(16)7-10/h3-7,9,18H,8H2,1-2H3. The molecule has 0 aliphatic carbocycles. The maximum atomic E-state index is 13.1. The molecule has 0 aliphatic heterocycles. The third-order valence-corrected chi connectivity index (χ3v) is 3.33. The maximum Gasteiger partial charge on any atom is 0.373 e. The quantitative estimate of drug-likeness (QED) is 0.855. The van der Waals surface area contributed by atoms with E-state index in [0.29, 0.717) is 12.3 Å². The van der Waals surface area contributed by atoms with Crippen LogP contribution in [-0.4, -0.2) is 13.1 Å². The van der Waals surface area contributed by atoms with E-state index in [-0.39, 0.29) is 16.8 Å². The number of benzene rings is 1. The van der Waals surface area contributed by atoms with Crippen molar-refractivity contribution < 1.29 is 18.3 Å². The number of carbonyl (C=O) groups excluding carboxylic acids is 1. The first-order valence-electron chi connectivity index (χ1n) is 6.36. The lowest BCUT2D eigenvalue weighted by molar-refractivity contribution is 0.0562. The molecule has 0 saturated carbocycles. The van der Waals surface area contributed by atoms with Crippen molar-refractivity contribution in [1.29, 1.82) is 0 Å². The molecular formula is C15H15ClFNO3. The normalized spacial score (nSPS) is 12.2. The summed E-state index contributed by atoms with van der Waals surface area (Å²) in [6.07, 6.45) is 0. The first-order valence-corrected chi connectivity index (χ1v) is 6.74. The minimum absolute atomic E-state index is 0.0907. The minimum atomic E-state index is -0.515. The van der Waals surface area contributed by atoms with Gasteiger partial charge in [-0.3, -0.25) is 0 Å². The second-order valence-electron chi connectivity index (χ2n) is 4.54. The van der Waals surface area contributed by atoms with Crippen LogP contribution in [0.25, 0.3) is 0 Å². The lowest BCUT2D eigenvalue weighted by atomic mass is 10.2. The fourth-order valence-electron chi connectivity index (χ4n) is 1.82. The van der Waals surface area contributed by atoms with Gasteiger partial charge in [0.2, 0.25) is 5.76 Å². The van der Waals surface area contributed by atoms with Crippen LogP contribution in [-0.2, 0) is 11.3 Å². The summed E-state index contributed by atoms with van der Waals surface area (Å²) in [5.74, 6) is -0.185. The number of methoxy groups -OCH3 is 1. The molecule has 0 amide bonds. The van der Waals surface area contributed by atoms with Gasteiger partial charge in [-0.1, -0.05) is 17.7 Å². The average Bonchev–Trinajstić information content (AvgIpc) is 2.97. The van der Waals surface area contributed by atoms with Gasteiger partial charge in [-0.25, -0.2) is 9.18 Å². The summed E-state index contributed by atoms with van der Waals surface area (Å²) in [6, 6.07) is 7.70. The lowest BCUT2D eigenvalue weighted by Gasteiger charge is -2.11. The molecule has 0 aliphatic rings. The summed E-state index contributed by atoms with van der Waals surface area (Å²) in [6.45, 7) is 2.39. The summed E-state index contributed by atoms with van der Waals surface area (Å²) in [5.41, 5.74) is 0.855. The van der Waals surface area contributed by atoms with Gasteiger partial charge in [-0.05, 0) is 36.8 Å². The van der Waals surface area contributed by atoms with Crippen molar-refractivity contribution in [3.63, 3.8) is 0 Å². The van der Waals surface area contributed by atoms with Crippen LogP contribution in [0.15, 0.2) is 34.7 Å². The Kier molecular flexibility index (Phi) is 4.98. The molecule has 1 unspecified atom stereocenters. The van der Waals surface area contributed by atoms with Crippen molar-refractivity contribution in [3.8, 4) is 0 Å². The Labute approximate surface area is 126 Å². The Morgan fingerprint density at radius 1 is 1.43 bits per heavy atom. The van der Waals surface area contributed by atoms with Gasteiger partial charge in [-0.2, -0.15) is 0 Å². The molecule has 1 aromatic carbocycles. The van der Waals surface area contributed by atoms with Gasteiger partial charge in [0.05, 0.1) is 18.2 Å². The van der Waals surface area contributed by atoms with Gasteiger partial charge in [-0.15, -0.1) is 0 Å². The molecule has 0 bridgehead atoms. The maximum absolute atomic E-state index is 13.1. The third-order valence-electron chi connectivity index (χ3n) is 3.04. The molecule has 4 nitrogen and oxygen atoms in total. The van der Waals surface area contributed by atoms with Crippen molar-refractivity contribution in [2.45, 2.75) is 19.5 Å². The second-order valence-corrected chi connectivity index (χ2v) is 4.95. The molecule has 21 heavy (non-hydrogen) atoms. The Hall–Kier alpha value is -1.85. The van der Waals surface area contributed by atoms with Crippen molar-refractivity contribution in [2.24, 2.45) is 0 Å². The van der Waals surface area contributed by atoms with Gasteiger partial charge in [0, 0.05) is 6.54 Å². The van der Waals surface area contributed by atoms with Crippen molar-refractivity contribution >= 4 is 17.6 Å². The van der Waals surface area contributed by atoms with E-state index >= 15 is 0 Å². The van der Waals surface area contributed by atoms with Crippen LogP contribution >= 0.6 is 11.6 Å². The van der Waals surface area contributed by atoms with Crippen LogP contribution in [0.5, 0.6) is 0 Å². The van der Waals surface area contributed by atoms with E-state index in [2.05, 4.69) is 10.1 Å². The molecule has 0 fully saturated rings. The molecule has 2 rings (SSSR count). The summed E-state index contributed by atoms with van der Waals surface area (Å²) in [4.78, 5) is 11.3. The predicted molar refractivity (Wildman–Crippen MR) is 76.7 cm³/mol. The first-order chi connectivity index (χ1) is 10.0. The number of nitrogens with one attached hydrogen (secondary N) is 1. The van der Waals surface area contributed by atoms with Crippen LogP contribution in [0.2, 0.25) is 5.02 Å². The second kappa shape index (κ2) is 6.74. The third kappa shape index (κ3) is 3.83. The highest BCUT2D eigenvalue weighted by Gasteiger charge is 2.15. The van der Waals surface area contributed by atoms with Crippen LogP contribution < -0.4 is 5.32 Å². The van der Waals surface area contributed by atoms with Crippen LogP contribution in [0.3, 0.4) is 0 Å². The Balaban J connectivity index is 1.98. The smallest absolute Gasteiger partial charge is 0.373 e. The SMILES string of the molecule is COC(=O)c1ccc(C(C)NCc2ccc(F)c(Cl)c2)o1. The first kappa shape index (κ1) is 15.5. The molecule has 1 aromatic heterocycles. The lowest BCUT2D eigenvalue weighted by Crippen LogP contribution is -2.17. The number of hydrogen-bond donors (Lipinski definition) is 1. The number of rotatable bonds is 5. The van der Waals surface area contributed by atoms with Gasteiger partial charge < -0.3 is 14.5 Å².